The summed E-state index contributed by atoms with van der Waals surface area (Å²) in [7, 11) is 0. The van der Waals surface area contributed by atoms with Crippen molar-refractivity contribution in [2.45, 2.75) is 63.8 Å². The lowest BCUT2D eigenvalue weighted by Crippen LogP contribution is -2.29. The van der Waals surface area contributed by atoms with E-state index < -0.39 is 0 Å². The number of anilines is 1. The number of carbonyl (C=O) groups is 1. The lowest BCUT2D eigenvalue weighted by atomic mass is 9.94. The lowest BCUT2D eigenvalue weighted by molar-refractivity contribution is 0.0788. The normalized spacial score (nSPS) is 21.5. The van der Waals surface area contributed by atoms with Crippen LogP contribution in [0.15, 0.2) is 16.5 Å². The maximum Gasteiger partial charge on any atom is 0.257 e. The number of nitrogens with one attached hydrogen (secondary N) is 2. The molecule has 0 unspecified atom stereocenters. The number of pyridine rings is 1. The Labute approximate surface area is 193 Å². The van der Waals surface area contributed by atoms with Crippen LogP contribution in [-0.2, 0) is 17.6 Å². The van der Waals surface area contributed by atoms with Crippen LogP contribution in [0.4, 0.5) is 5.82 Å². The third kappa shape index (κ3) is 3.80. The standard InChI is InChI=1S/C25H31N5O3/c1-15-22(18-4-2-3-5-21(18)33-15)25(31)30-11-8-16(14-30)20-7-6-19-23(28-29-24(19)27-20)26-17-9-12-32-13-10-17/h6-7,16-17H,2-5,8-14H2,1H3,(H2,26,27,28,29)/t16-/m0/s1. The maximum atomic E-state index is 13.4. The summed E-state index contributed by atoms with van der Waals surface area (Å²) in [6.07, 6.45) is 7.08. The van der Waals surface area contributed by atoms with Crippen molar-refractivity contribution in [3.63, 3.8) is 0 Å². The molecule has 2 fully saturated rings. The largest absolute Gasteiger partial charge is 0.465 e. The monoisotopic (exact) mass is 449 g/mol. The minimum atomic E-state index is 0.118. The molecule has 0 bridgehead atoms. The number of likely N-dealkylation sites (tertiary alicyclic amines) is 1. The zero-order valence-electron chi connectivity index (χ0n) is 19.2. The highest BCUT2D eigenvalue weighted by atomic mass is 16.5. The highest BCUT2D eigenvalue weighted by Crippen LogP contribution is 2.34. The number of amides is 1. The predicted octanol–water partition coefficient (Wildman–Crippen LogP) is 3.96. The van der Waals surface area contributed by atoms with Gasteiger partial charge >= 0.3 is 0 Å². The van der Waals surface area contributed by atoms with Gasteiger partial charge in [-0.1, -0.05) is 0 Å². The number of ether oxygens (including phenoxy) is 1. The number of aryl methyl sites for hydroxylation is 2. The molecule has 8 nitrogen and oxygen atoms in total. The van der Waals surface area contributed by atoms with Gasteiger partial charge in [-0.05, 0) is 57.6 Å². The van der Waals surface area contributed by atoms with Crippen LogP contribution in [0.1, 0.15) is 71.2 Å². The zero-order valence-corrected chi connectivity index (χ0v) is 19.2. The Bertz CT molecular complexity index is 1180. The van der Waals surface area contributed by atoms with Crippen molar-refractivity contribution in [1.29, 1.82) is 0 Å². The van der Waals surface area contributed by atoms with E-state index in [2.05, 4.69) is 27.6 Å². The summed E-state index contributed by atoms with van der Waals surface area (Å²) in [4.78, 5) is 20.3. The van der Waals surface area contributed by atoms with E-state index in [0.29, 0.717) is 12.6 Å². The highest BCUT2D eigenvalue weighted by molar-refractivity contribution is 5.97. The van der Waals surface area contributed by atoms with E-state index in [4.69, 9.17) is 14.1 Å². The first-order valence-corrected chi connectivity index (χ1v) is 12.3. The highest BCUT2D eigenvalue weighted by Gasteiger charge is 2.33. The van der Waals surface area contributed by atoms with Crippen molar-refractivity contribution in [1.82, 2.24) is 20.1 Å². The summed E-state index contributed by atoms with van der Waals surface area (Å²) in [6.45, 7) is 4.96. The smallest absolute Gasteiger partial charge is 0.257 e. The molecule has 0 spiro atoms. The molecule has 1 atom stereocenters. The van der Waals surface area contributed by atoms with Gasteiger partial charge in [0.05, 0.1) is 10.9 Å². The van der Waals surface area contributed by atoms with Crippen molar-refractivity contribution >= 4 is 22.8 Å². The quantitative estimate of drug-likeness (QED) is 0.626. The van der Waals surface area contributed by atoms with E-state index in [9.17, 15) is 4.79 Å². The molecule has 2 saturated heterocycles. The number of nitrogens with zero attached hydrogens (tertiary/aromatic N) is 3. The molecule has 2 aliphatic heterocycles. The van der Waals surface area contributed by atoms with Gasteiger partial charge in [-0.15, -0.1) is 0 Å². The topological polar surface area (TPSA) is 96.3 Å². The Morgan fingerprint density at radius 2 is 2.03 bits per heavy atom. The number of rotatable bonds is 4. The number of aromatic nitrogens is 3. The molecule has 3 aliphatic rings. The fourth-order valence-electron chi connectivity index (χ4n) is 5.62. The van der Waals surface area contributed by atoms with Gasteiger partial charge in [0.1, 0.15) is 11.5 Å². The summed E-state index contributed by atoms with van der Waals surface area (Å²) in [6, 6.07) is 4.58. The molecule has 8 heteroatoms. The van der Waals surface area contributed by atoms with Gasteiger partial charge in [-0.25, -0.2) is 4.98 Å². The van der Waals surface area contributed by atoms with Gasteiger partial charge in [0.25, 0.3) is 5.91 Å². The molecule has 2 N–H and O–H groups in total. The van der Waals surface area contributed by atoms with Crippen LogP contribution in [0.3, 0.4) is 0 Å². The van der Waals surface area contributed by atoms with Gasteiger partial charge in [-0.3, -0.25) is 9.89 Å². The SMILES string of the molecule is Cc1oc2c(c1C(=O)N1CC[C@H](c3ccc4c(NC5CCOCC5)n[nH]c4n3)C1)CCCC2. The van der Waals surface area contributed by atoms with Crippen LogP contribution in [0.5, 0.6) is 0 Å². The van der Waals surface area contributed by atoms with Crippen molar-refractivity contribution in [2.24, 2.45) is 0 Å². The van der Waals surface area contributed by atoms with Crippen molar-refractivity contribution in [2.75, 3.05) is 31.6 Å². The molecule has 0 radical (unpaired) electrons. The number of furan rings is 1. The number of aromatic amines is 1. The molecular formula is C25H31N5O3. The lowest BCUT2D eigenvalue weighted by Gasteiger charge is -2.23. The minimum absolute atomic E-state index is 0.118. The third-order valence-corrected chi connectivity index (χ3v) is 7.46. The van der Waals surface area contributed by atoms with Gasteiger partial charge in [-0.2, -0.15) is 5.10 Å². The van der Waals surface area contributed by atoms with Crippen LogP contribution >= 0.6 is 0 Å². The molecular weight excluding hydrogens is 418 g/mol. The van der Waals surface area contributed by atoms with Gasteiger partial charge in [0.15, 0.2) is 11.5 Å². The van der Waals surface area contributed by atoms with Gasteiger partial charge in [0, 0.05) is 55.9 Å². The van der Waals surface area contributed by atoms with Crippen LogP contribution in [0.25, 0.3) is 11.0 Å². The number of carbonyl (C=O) groups excluding carboxylic acids is 1. The molecule has 3 aromatic heterocycles. The summed E-state index contributed by atoms with van der Waals surface area (Å²) >= 11 is 0. The minimum Gasteiger partial charge on any atom is -0.465 e. The Balaban J connectivity index is 1.17. The average molecular weight is 450 g/mol. The summed E-state index contributed by atoms with van der Waals surface area (Å²) in [5.41, 5.74) is 3.77. The molecule has 1 aliphatic carbocycles. The molecule has 3 aromatic rings. The number of hydrogen-bond acceptors (Lipinski definition) is 6. The zero-order chi connectivity index (χ0) is 22.4. The molecule has 1 amide bonds. The van der Waals surface area contributed by atoms with Crippen LogP contribution < -0.4 is 5.32 Å². The van der Waals surface area contributed by atoms with Crippen LogP contribution in [0.2, 0.25) is 0 Å². The second-order valence-electron chi connectivity index (χ2n) is 9.61. The maximum absolute atomic E-state index is 13.4. The Hall–Kier alpha value is -2.87. The van der Waals surface area contributed by atoms with Gasteiger partial charge < -0.3 is 19.4 Å². The number of fused-ring (bicyclic) bond motifs is 2. The summed E-state index contributed by atoms with van der Waals surface area (Å²) < 4.78 is 11.4. The molecule has 0 aromatic carbocycles. The average Bonchev–Trinajstić information content (AvgIpc) is 3.56. The third-order valence-electron chi connectivity index (χ3n) is 7.46. The van der Waals surface area contributed by atoms with Crippen LogP contribution in [0, 0.1) is 6.92 Å². The first-order chi connectivity index (χ1) is 16.2. The second-order valence-corrected chi connectivity index (χ2v) is 9.61. The number of hydrogen-bond donors (Lipinski definition) is 2. The molecule has 5 heterocycles. The predicted molar refractivity (Wildman–Crippen MR) is 125 cm³/mol. The van der Waals surface area contributed by atoms with E-state index >= 15 is 0 Å². The first kappa shape index (κ1) is 20.7. The summed E-state index contributed by atoms with van der Waals surface area (Å²) in [5, 5.41) is 12.1. The Morgan fingerprint density at radius 1 is 1.18 bits per heavy atom. The van der Waals surface area contributed by atoms with E-state index in [1.54, 1.807) is 0 Å². The van der Waals surface area contributed by atoms with Crippen molar-refractivity contribution in [3.05, 3.63) is 40.5 Å². The molecule has 6 rings (SSSR count). The van der Waals surface area contributed by atoms with Crippen molar-refractivity contribution < 1.29 is 13.9 Å². The van der Waals surface area contributed by atoms with E-state index in [-0.39, 0.29) is 11.8 Å². The van der Waals surface area contributed by atoms with Crippen molar-refractivity contribution in [3.8, 4) is 0 Å². The van der Waals surface area contributed by atoms with Crippen LogP contribution in [-0.4, -0.2) is 58.3 Å². The number of H-pyrrole nitrogens is 1. The second kappa shape index (κ2) is 8.48. The molecule has 174 valence electrons. The fraction of sp³-hybridized carbons (Fsp3) is 0.560. The fourth-order valence-corrected chi connectivity index (χ4v) is 5.62. The molecule has 33 heavy (non-hydrogen) atoms. The van der Waals surface area contributed by atoms with Gasteiger partial charge in [0.2, 0.25) is 0 Å². The summed E-state index contributed by atoms with van der Waals surface area (Å²) in [5.74, 6) is 3.01. The Kier molecular flexibility index (Phi) is 5.32. The van der Waals surface area contributed by atoms with E-state index in [1.165, 1.54) is 0 Å². The van der Waals surface area contributed by atoms with E-state index in [1.807, 2.05) is 11.8 Å². The van der Waals surface area contributed by atoms with E-state index in [0.717, 1.165) is 110 Å². The molecule has 0 saturated carbocycles. The first-order valence-electron chi connectivity index (χ1n) is 12.3. The Morgan fingerprint density at radius 3 is 2.91 bits per heavy atom.